The second kappa shape index (κ2) is 28.3. The van der Waals surface area contributed by atoms with Gasteiger partial charge < -0.3 is 47.4 Å². The van der Waals surface area contributed by atoms with E-state index in [-0.39, 0.29) is 58.9 Å². The first-order valence-electron chi connectivity index (χ1n) is 26.8. The molecular formula is C64H65F5O11. The van der Waals surface area contributed by atoms with Gasteiger partial charge in [0.1, 0.15) is 30.0 Å². The molecule has 0 N–H and O–H groups in total. The molecule has 0 radical (unpaired) electrons. The summed E-state index contributed by atoms with van der Waals surface area (Å²) in [6.45, 7) is 7.22. The molecule has 0 aromatic heterocycles. The van der Waals surface area contributed by atoms with E-state index < -0.39 is 114 Å². The number of halogens is 5. The molecule has 0 unspecified atom stereocenters. The molecule has 3 aliphatic rings. The summed E-state index contributed by atoms with van der Waals surface area (Å²) in [5.74, 6) is -14.7. The van der Waals surface area contributed by atoms with Gasteiger partial charge in [-0.05, 0) is 41.2 Å². The summed E-state index contributed by atoms with van der Waals surface area (Å²) < 4.78 is 140. The van der Waals surface area contributed by atoms with E-state index in [0.29, 0.717) is 6.61 Å². The summed E-state index contributed by atoms with van der Waals surface area (Å²) in [5, 5.41) is 0. The number of hydrogen-bond acceptors (Lipinski definition) is 11. The summed E-state index contributed by atoms with van der Waals surface area (Å²) in [6, 6.07) is 48.1. The molecule has 6 aromatic rings. The van der Waals surface area contributed by atoms with Crippen LogP contribution in [-0.4, -0.2) is 85.8 Å². The Labute approximate surface area is 463 Å². The molecule has 2 saturated heterocycles. The maximum absolute atomic E-state index is 15.2. The van der Waals surface area contributed by atoms with E-state index in [2.05, 4.69) is 6.58 Å². The number of benzene rings is 6. The Morgan fingerprint density at radius 1 is 0.537 bits per heavy atom. The van der Waals surface area contributed by atoms with Crippen molar-refractivity contribution in [2.24, 2.45) is 0 Å². The van der Waals surface area contributed by atoms with Crippen molar-refractivity contribution in [2.45, 2.75) is 132 Å². The lowest BCUT2D eigenvalue weighted by Crippen LogP contribution is -2.62. The zero-order valence-electron chi connectivity index (χ0n) is 44.3. The maximum atomic E-state index is 15.2. The summed E-state index contributed by atoms with van der Waals surface area (Å²) in [4.78, 5) is 14.2. The van der Waals surface area contributed by atoms with Crippen LogP contribution in [0.15, 0.2) is 176 Å². The van der Waals surface area contributed by atoms with E-state index in [1.807, 2.05) is 171 Å². The van der Waals surface area contributed by atoms with Gasteiger partial charge >= 0.3 is 5.97 Å². The molecule has 0 aliphatic carbocycles. The molecule has 11 nitrogen and oxygen atoms in total. The van der Waals surface area contributed by atoms with Gasteiger partial charge in [0.2, 0.25) is 34.8 Å². The predicted octanol–water partition coefficient (Wildman–Crippen LogP) is 12.2. The van der Waals surface area contributed by atoms with Gasteiger partial charge in [-0.1, -0.05) is 170 Å². The van der Waals surface area contributed by atoms with Gasteiger partial charge in [-0.3, -0.25) is 4.79 Å². The third kappa shape index (κ3) is 15.1. The summed E-state index contributed by atoms with van der Waals surface area (Å²) in [5.41, 5.74) is 3.22. The Morgan fingerprint density at radius 2 is 1.00 bits per heavy atom. The van der Waals surface area contributed by atoms with Crippen molar-refractivity contribution < 1.29 is 74.1 Å². The first-order valence-corrected chi connectivity index (χ1v) is 26.8. The van der Waals surface area contributed by atoms with Crippen LogP contribution in [0.5, 0.6) is 5.75 Å². The Kier molecular flexibility index (Phi) is 20.6. The highest BCUT2D eigenvalue weighted by atomic mass is 19.2. The number of hydrogen-bond donors (Lipinski definition) is 0. The van der Waals surface area contributed by atoms with Gasteiger partial charge in [0.25, 0.3) is 0 Å². The molecule has 0 saturated carbocycles. The van der Waals surface area contributed by atoms with Crippen molar-refractivity contribution in [3.05, 3.63) is 233 Å². The molecule has 6 aromatic carbocycles. The van der Waals surface area contributed by atoms with E-state index in [1.165, 1.54) is 0 Å². The third-order valence-corrected chi connectivity index (χ3v) is 14.5. The standard InChI is InChI=1S/C64H65F5O11/c1-3-19-48-49(31-30-47(73-37-44-24-13-6-14-25-44)53(77-48)40-71-35-42-20-9-4-10-21-42)76-51-33-55(75-39-46-28-17-8-18-29-46)64(2)56(78-52(51)34-57(70)79-63-61(68)59(66)58(65)60(67)62(63)69)32-50(74-38-45-26-15-7-16-27-45)54(80-64)41-72-36-43-22-11-5-12-23-43/h3-18,20-31,47-56H,1,19,32-41H2,2H3/t47-,48-,49+,50+,51-,52+,53+,54-,55-,56-,64+/m1/s1. The predicted molar refractivity (Wildman–Crippen MR) is 286 cm³/mol. The Bertz CT molecular complexity index is 2900. The Morgan fingerprint density at radius 3 is 1.52 bits per heavy atom. The van der Waals surface area contributed by atoms with Gasteiger partial charge in [0, 0.05) is 12.8 Å². The van der Waals surface area contributed by atoms with E-state index in [9.17, 15) is 18.0 Å². The van der Waals surface area contributed by atoms with Crippen LogP contribution < -0.4 is 4.74 Å². The molecule has 0 bridgehead atoms. The van der Waals surface area contributed by atoms with Crippen LogP contribution in [0.3, 0.4) is 0 Å². The van der Waals surface area contributed by atoms with Crippen LogP contribution in [0.25, 0.3) is 0 Å². The highest BCUT2D eigenvalue weighted by Crippen LogP contribution is 2.44. The van der Waals surface area contributed by atoms with E-state index >= 15 is 8.78 Å². The molecule has 2 fully saturated rings. The third-order valence-electron chi connectivity index (χ3n) is 14.5. The second-order valence-corrected chi connectivity index (χ2v) is 20.2. The van der Waals surface area contributed by atoms with Crippen LogP contribution >= 0.6 is 0 Å². The van der Waals surface area contributed by atoms with E-state index in [4.69, 9.17) is 47.4 Å². The smallest absolute Gasteiger partial charge is 0.314 e. The Hall–Kier alpha value is -6.44. The largest absolute Gasteiger partial charge is 0.420 e. The normalized spacial score (nSPS) is 25.7. The summed E-state index contributed by atoms with van der Waals surface area (Å²) in [6.07, 6.45) is -3.77. The highest BCUT2D eigenvalue weighted by molar-refractivity contribution is 5.73. The zero-order valence-corrected chi connectivity index (χ0v) is 44.3. The van der Waals surface area contributed by atoms with Crippen LogP contribution in [0, 0.1) is 29.1 Å². The van der Waals surface area contributed by atoms with E-state index in [0.717, 1.165) is 27.8 Å². The average Bonchev–Trinajstić information content (AvgIpc) is 3.75. The summed E-state index contributed by atoms with van der Waals surface area (Å²) >= 11 is 0. The molecule has 80 heavy (non-hydrogen) atoms. The molecule has 9 rings (SSSR count). The molecule has 3 heterocycles. The van der Waals surface area contributed by atoms with Crippen LogP contribution in [0.4, 0.5) is 22.0 Å². The van der Waals surface area contributed by atoms with Gasteiger partial charge in [-0.2, -0.15) is 8.78 Å². The number of fused-ring (bicyclic) bond motifs is 1. The van der Waals surface area contributed by atoms with Gasteiger partial charge in [0.05, 0.1) is 89.3 Å². The lowest BCUT2D eigenvalue weighted by atomic mass is 9.82. The molecule has 422 valence electrons. The minimum Gasteiger partial charge on any atom is -0.420 e. The highest BCUT2D eigenvalue weighted by Gasteiger charge is 2.57. The fourth-order valence-electron chi connectivity index (χ4n) is 10.2. The van der Waals surface area contributed by atoms with E-state index in [1.54, 1.807) is 6.08 Å². The SMILES string of the molecule is C=CC[C@H]1O[C@@H](COCc2ccccc2)[C@H](OCc2ccccc2)C=C[C@@H]1O[C@@H]1C[C@@H](OCc2ccccc2)[C@]2(C)O[C@H](COCc3ccccc3)[C@@H](OCc3ccccc3)C[C@H]2O[C@H]1CC(=O)Oc1c(F)c(F)c(F)c(F)c1F. The lowest BCUT2D eigenvalue weighted by Gasteiger charge is -2.50. The van der Waals surface area contributed by atoms with Gasteiger partial charge in [0.15, 0.2) is 0 Å². The fourth-order valence-corrected chi connectivity index (χ4v) is 10.2. The number of rotatable bonds is 24. The van der Waals surface area contributed by atoms with Crippen molar-refractivity contribution in [2.75, 3.05) is 13.2 Å². The Balaban J connectivity index is 1.07. The first kappa shape index (κ1) is 58.2. The van der Waals surface area contributed by atoms with Gasteiger partial charge in [-0.25, -0.2) is 13.2 Å². The van der Waals surface area contributed by atoms with Crippen LogP contribution in [-0.2, 0) is 80.5 Å². The second-order valence-electron chi connectivity index (χ2n) is 20.2. The molecule has 0 amide bonds. The number of ether oxygens (including phenoxy) is 10. The molecule has 16 heteroatoms. The minimum atomic E-state index is -2.41. The van der Waals surface area contributed by atoms with Crippen molar-refractivity contribution in [1.29, 1.82) is 0 Å². The van der Waals surface area contributed by atoms with Crippen molar-refractivity contribution in [3.63, 3.8) is 0 Å². The maximum Gasteiger partial charge on any atom is 0.314 e. The minimum absolute atomic E-state index is 0.0316. The molecule has 11 atom stereocenters. The summed E-state index contributed by atoms with van der Waals surface area (Å²) in [7, 11) is 0. The monoisotopic (exact) mass is 1100 g/mol. The van der Waals surface area contributed by atoms with Crippen molar-refractivity contribution in [1.82, 2.24) is 0 Å². The quantitative estimate of drug-likeness (QED) is 0.0144. The number of esters is 1. The first-order chi connectivity index (χ1) is 38.9. The number of carbonyl (C=O) groups is 1. The lowest BCUT2D eigenvalue weighted by molar-refractivity contribution is -0.284. The number of carbonyl (C=O) groups excluding carboxylic acids is 1. The van der Waals surface area contributed by atoms with Crippen LogP contribution in [0.1, 0.15) is 60.4 Å². The molecule has 3 aliphatic heterocycles. The average molecular weight is 1110 g/mol. The van der Waals surface area contributed by atoms with Crippen molar-refractivity contribution >= 4 is 5.97 Å². The van der Waals surface area contributed by atoms with Gasteiger partial charge in [-0.15, -0.1) is 6.58 Å². The van der Waals surface area contributed by atoms with Crippen molar-refractivity contribution in [3.8, 4) is 5.75 Å². The molecular weight excluding hydrogens is 1040 g/mol. The molecule has 0 spiro atoms. The fraction of sp³-hybridized carbons (Fsp3) is 0.359. The van der Waals surface area contributed by atoms with Crippen LogP contribution in [0.2, 0.25) is 0 Å². The zero-order chi connectivity index (χ0) is 55.8. The topological polar surface area (TPSA) is 109 Å².